The van der Waals surface area contributed by atoms with Crippen LogP contribution in [0.15, 0.2) is 0 Å². The van der Waals surface area contributed by atoms with Crippen molar-refractivity contribution in [2.45, 2.75) is 6.92 Å². The SMILES string of the molecule is CC(CCl)(CCl)C(=O)P(=O)(O)O. The van der Waals surface area contributed by atoms with Gasteiger partial charge < -0.3 is 9.79 Å². The molecule has 0 aromatic carbocycles. The first-order chi connectivity index (χ1) is 5.28. The molecule has 7 heteroatoms. The Labute approximate surface area is 80.0 Å². The van der Waals surface area contributed by atoms with Gasteiger partial charge in [-0.15, -0.1) is 23.2 Å². The van der Waals surface area contributed by atoms with Crippen molar-refractivity contribution in [1.82, 2.24) is 0 Å². The van der Waals surface area contributed by atoms with Gasteiger partial charge in [0, 0.05) is 11.8 Å². The lowest BCUT2D eigenvalue weighted by Crippen LogP contribution is -2.31. The first kappa shape index (κ1) is 12.4. The molecular formula is C5H9Cl2O4P. The fraction of sp³-hybridized carbons (Fsp3) is 0.800. The molecule has 4 nitrogen and oxygen atoms in total. The third-order valence-corrected chi connectivity index (χ3v) is 3.62. The predicted octanol–water partition coefficient (Wildman–Crippen LogP) is 1.17. The van der Waals surface area contributed by atoms with Gasteiger partial charge in [-0.25, -0.2) is 0 Å². The first-order valence-corrected chi connectivity index (χ1v) is 5.68. The van der Waals surface area contributed by atoms with Crippen molar-refractivity contribution in [1.29, 1.82) is 0 Å². The Hall–Kier alpha value is 0.400. The molecule has 0 unspecified atom stereocenters. The molecule has 0 radical (unpaired) electrons. The quantitative estimate of drug-likeness (QED) is 0.566. The van der Waals surface area contributed by atoms with E-state index in [4.69, 9.17) is 33.0 Å². The smallest absolute Gasteiger partial charge is 0.319 e. The summed E-state index contributed by atoms with van der Waals surface area (Å²) in [6, 6.07) is 0. The summed E-state index contributed by atoms with van der Waals surface area (Å²) < 4.78 is 10.5. The summed E-state index contributed by atoms with van der Waals surface area (Å²) in [7, 11) is -4.72. The van der Waals surface area contributed by atoms with Gasteiger partial charge in [-0.05, 0) is 6.92 Å². The highest BCUT2D eigenvalue weighted by Crippen LogP contribution is 2.44. The van der Waals surface area contributed by atoms with Gasteiger partial charge in [-0.1, -0.05) is 0 Å². The number of carbonyl (C=O) groups excluding carboxylic acids is 1. The van der Waals surface area contributed by atoms with Crippen molar-refractivity contribution < 1.29 is 19.1 Å². The van der Waals surface area contributed by atoms with Crippen LogP contribution in [0.3, 0.4) is 0 Å². The summed E-state index contributed by atoms with van der Waals surface area (Å²) in [6.07, 6.45) is 0. The van der Waals surface area contributed by atoms with Gasteiger partial charge in [-0.2, -0.15) is 0 Å². The van der Waals surface area contributed by atoms with Gasteiger partial charge in [-0.3, -0.25) is 9.36 Å². The number of hydrogen-bond donors (Lipinski definition) is 2. The van der Waals surface area contributed by atoms with E-state index in [0.717, 1.165) is 0 Å². The molecule has 0 aromatic rings. The van der Waals surface area contributed by atoms with Gasteiger partial charge in [0.05, 0.1) is 5.41 Å². The van der Waals surface area contributed by atoms with E-state index >= 15 is 0 Å². The topological polar surface area (TPSA) is 74.6 Å². The van der Waals surface area contributed by atoms with E-state index in [0.29, 0.717) is 0 Å². The molecule has 0 aliphatic heterocycles. The van der Waals surface area contributed by atoms with Crippen molar-refractivity contribution in [2.75, 3.05) is 11.8 Å². The molecule has 0 fully saturated rings. The van der Waals surface area contributed by atoms with Gasteiger partial charge in [0.15, 0.2) is 0 Å². The van der Waals surface area contributed by atoms with Crippen LogP contribution in [0.1, 0.15) is 6.92 Å². The highest BCUT2D eigenvalue weighted by Gasteiger charge is 2.42. The van der Waals surface area contributed by atoms with E-state index in [1.807, 2.05) is 0 Å². The minimum atomic E-state index is -4.72. The summed E-state index contributed by atoms with van der Waals surface area (Å²) >= 11 is 10.7. The van der Waals surface area contributed by atoms with Crippen LogP contribution in [0.5, 0.6) is 0 Å². The second-order valence-corrected chi connectivity index (χ2v) is 4.71. The summed E-state index contributed by atoms with van der Waals surface area (Å²) in [5.41, 5.74) is -2.55. The Kier molecular flexibility index (Phi) is 4.21. The first-order valence-electron chi connectivity index (χ1n) is 3.00. The summed E-state index contributed by atoms with van der Waals surface area (Å²) in [5, 5.41) is 0. The lowest BCUT2D eigenvalue weighted by Gasteiger charge is -2.22. The fourth-order valence-corrected chi connectivity index (χ4v) is 2.08. The summed E-state index contributed by atoms with van der Waals surface area (Å²) in [6.45, 7) is 1.31. The van der Waals surface area contributed by atoms with Crippen molar-refractivity contribution in [3.63, 3.8) is 0 Å². The van der Waals surface area contributed by atoms with E-state index in [1.54, 1.807) is 0 Å². The number of carbonyl (C=O) groups is 1. The van der Waals surface area contributed by atoms with Crippen molar-refractivity contribution in [3.05, 3.63) is 0 Å². The van der Waals surface area contributed by atoms with Crippen LogP contribution < -0.4 is 0 Å². The van der Waals surface area contributed by atoms with Crippen molar-refractivity contribution in [3.8, 4) is 0 Å². The zero-order valence-corrected chi connectivity index (χ0v) is 8.73. The standard InChI is InChI=1S/C5H9Cl2O4P/c1-5(2-6,3-7)4(8)12(9,10)11/h2-3H2,1H3,(H2,9,10,11). The van der Waals surface area contributed by atoms with Gasteiger partial charge in [0.1, 0.15) is 0 Å². The van der Waals surface area contributed by atoms with E-state index in [2.05, 4.69) is 0 Å². The average molecular weight is 235 g/mol. The maximum Gasteiger partial charge on any atom is 0.392 e. The Morgan fingerprint density at radius 2 is 1.75 bits per heavy atom. The average Bonchev–Trinajstić information content (AvgIpc) is 2.00. The Balaban J connectivity index is 4.78. The third-order valence-electron chi connectivity index (χ3n) is 1.37. The van der Waals surface area contributed by atoms with Crippen LogP contribution in [0.25, 0.3) is 0 Å². The molecule has 0 spiro atoms. The molecule has 0 heterocycles. The van der Waals surface area contributed by atoms with Crippen LogP contribution in [-0.2, 0) is 9.36 Å². The maximum absolute atomic E-state index is 11.0. The minimum absolute atomic E-state index is 0.208. The molecule has 0 aromatic heterocycles. The highest BCUT2D eigenvalue weighted by atomic mass is 35.5. The van der Waals surface area contributed by atoms with Crippen LogP contribution >= 0.6 is 30.8 Å². The number of alkyl halides is 2. The van der Waals surface area contributed by atoms with Crippen LogP contribution in [0.4, 0.5) is 0 Å². The normalized spacial score (nSPS) is 13.1. The molecule has 0 bridgehead atoms. The molecule has 0 rings (SSSR count). The van der Waals surface area contributed by atoms with E-state index < -0.39 is 18.5 Å². The largest absolute Gasteiger partial charge is 0.392 e. The molecule has 0 aliphatic rings. The molecule has 12 heavy (non-hydrogen) atoms. The molecule has 0 saturated heterocycles. The molecule has 2 N–H and O–H groups in total. The Bertz CT molecular complexity index is 219. The zero-order chi connectivity index (χ0) is 9.99. The van der Waals surface area contributed by atoms with Crippen LogP contribution in [0.2, 0.25) is 0 Å². The molecule has 0 saturated carbocycles. The van der Waals surface area contributed by atoms with Crippen LogP contribution in [0, 0.1) is 5.41 Å². The molecular weight excluding hydrogens is 226 g/mol. The van der Waals surface area contributed by atoms with E-state index in [1.165, 1.54) is 6.92 Å². The van der Waals surface area contributed by atoms with Gasteiger partial charge >= 0.3 is 7.60 Å². The number of rotatable bonds is 4. The monoisotopic (exact) mass is 234 g/mol. The highest BCUT2D eigenvalue weighted by molar-refractivity contribution is 7.70. The second-order valence-electron chi connectivity index (χ2n) is 2.68. The second kappa shape index (κ2) is 4.07. The molecule has 0 aliphatic carbocycles. The summed E-state index contributed by atoms with van der Waals surface area (Å²) in [4.78, 5) is 28.1. The zero-order valence-electron chi connectivity index (χ0n) is 6.33. The maximum atomic E-state index is 11.0. The Morgan fingerprint density at radius 3 is 1.83 bits per heavy atom. The van der Waals surface area contributed by atoms with Crippen molar-refractivity contribution in [2.24, 2.45) is 5.41 Å². The van der Waals surface area contributed by atoms with Gasteiger partial charge in [0.25, 0.3) is 5.52 Å². The van der Waals surface area contributed by atoms with Crippen LogP contribution in [-0.4, -0.2) is 27.1 Å². The minimum Gasteiger partial charge on any atom is -0.319 e. The summed E-state index contributed by atoms with van der Waals surface area (Å²) in [5.74, 6) is -0.416. The fourth-order valence-electron chi connectivity index (χ4n) is 0.502. The molecule has 0 amide bonds. The third kappa shape index (κ3) is 2.71. The predicted molar refractivity (Wildman–Crippen MR) is 46.6 cm³/mol. The molecule has 0 atom stereocenters. The Morgan fingerprint density at radius 1 is 1.42 bits per heavy atom. The van der Waals surface area contributed by atoms with Gasteiger partial charge in [0.2, 0.25) is 0 Å². The number of hydrogen-bond acceptors (Lipinski definition) is 2. The lowest BCUT2D eigenvalue weighted by molar-refractivity contribution is -0.119. The molecule has 72 valence electrons. The van der Waals surface area contributed by atoms with E-state index in [9.17, 15) is 9.36 Å². The van der Waals surface area contributed by atoms with Crippen molar-refractivity contribution >= 4 is 36.3 Å². The van der Waals surface area contributed by atoms with E-state index in [-0.39, 0.29) is 11.8 Å². The lowest BCUT2D eigenvalue weighted by atomic mass is 9.99. The number of halogens is 2.